The van der Waals surface area contributed by atoms with Crippen LogP contribution in [-0.4, -0.2) is 35.6 Å². The maximum Gasteiger partial charge on any atom is 0.204 e. The third-order valence-electron chi connectivity index (χ3n) is 13.5. The number of ketones is 1. The van der Waals surface area contributed by atoms with E-state index >= 15 is 0 Å². The van der Waals surface area contributed by atoms with Crippen LogP contribution in [0, 0.1) is 61.7 Å². The van der Waals surface area contributed by atoms with E-state index in [1.165, 1.54) is 11.3 Å². The molecule has 0 bridgehead atoms. The molecule has 4 saturated carbocycles. The lowest BCUT2D eigenvalue weighted by Crippen LogP contribution is -2.73. The monoisotopic (exact) mass is 538 g/mol. The first kappa shape index (κ1) is 26.0. The highest BCUT2D eigenvalue weighted by atomic mass is 16.1. The third kappa shape index (κ3) is 2.78. The van der Waals surface area contributed by atoms with Crippen LogP contribution in [0.3, 0.4) is 0 Å². The molecule has 7 rings (SSSR count). The summed E-state index contributed by atoms with van der Waals surface area (Å²) in [6.45, 7) is 12.1. The second-order valence-corrected chi connectivity index (χ2v) is 15.5. The molecular weight excluding hydrogens is 496 g/mol. The molecule has 6 aliphatic carbocycles. The van der Waals surface area contributed by atoms with Crippen molar-refractivity contribution >= 4 is 17.5 Å². The van der Waals surface area contributed by atoms with Crippen molar-refractivity contribution in [2.24, 2.45) is 48.9 Å². The lowest BCUT2D eigenvalue weighted by Gasteiger charge is -2.69. The van der Waals surface area contributed by atoms with Crippen molar-refractivity contribution in [3.05, 3.63) is 23.3 Å². The molecule has 7 nitrogen and oxygen atoms in total. The molecule has 2 N–H and O–H groups in total. The molecule has 0 saturated heterocycles. The van der Waals surface area contributed by atoms with Gasteiger partial charge in [-0.25, -0.2) is 0 Å². The number of guanidine groups is 1. The van der Waals surface area contributed by atoms with Crippen molar-refractivity contribution in [1.29, 1.82) is 10.5 Å². The predicted octanol–water partition coefficient (Wildman–Crippen LogP) is 5.37. The summed E-state index contributed by atoms with van der Waals surface area (Å²) in [5, 5.41) is 25.9. The van der Waals surface area contributed by atoms with Gasteiger partial charge in [-0.2, -0.15) is 10.5 Å². The second kappa shape index (κ2) is 7.47. The zero-order chi connectivity index (χ0) is 28.6. The van der Waals surface area contributed by atoms with Crippen LogP contribution in [0.25, 0.3) is 0 Å². The predicted molar refractivity (Wildman–Crippen MR) is 154 cm³/mol. The van der Waals surface area contributed by atoms with Gasteiger partial charge in [0, 0.05) is 34.7 Å². The first-order valence-corrected chi connectivity index (χ1v) is 15.2. The number of carbonyl (C=O) groups excluding carboxylic acids is 1. The number of allylic oxidation sites excluding steroid dienone is 3. The SMILES string of the molecule is CN=C(NC#N)N[C@]12CCC(C)(C)C[C@H]1[C@@]13N=C1C=C1[C@@]4(C)C=C(C#N)C(=O)C5(CC5)[C@@H]4CC[C@@]1(C)[C@]3(C)CC2. The zero-order valence-electron chi connectivity index (χ0n) is 24.9. The largest absolute Gasteiger partial charge is 0.350 e. The average Bonchev–Trinajstić information content (AvgIpc) is 3.83. The fourth-order valence-electron chi connectivity index (χ4n) is 11.1. The van der Waals surface area contributed by atoms with Gasteiger partial charge < -0.3 is 5.32 Å². The number of aliphatic imine (C=N–C) groups is 2. The molecule has 0 unspecified atom stereocenters. The van der Waals surface area contributed by atoms with E-state index in [9.17, 15) is 15.3 Å². The maximum absolute atomic E-state index is 13.4. The number of hydrogen-bond acceptors (Lipinski definition) is 5. The van der Waals surface area contributed by atoms with Gasteiger partial charge in [0.15, 0.2) is 12.0 Å². The van der Waals surface area contributed by atoms with Gasteiger partial charge in [0.25, 0.3) is 0 Å². The Hall–Kier alpha value is -2.93. The Morgan fingerprint density at radius 2 is 1.75 bits per heavy atom. The van der Waals surface area contributed by atoms with Crippen molar-refractivity contribution in [1.82, 2.24) is 10.6 Å². The fourth-order valence-corrected chi connectivity index (χ4v) is 11.1. The van der Waals surface area contributed by atoms with Crippen LogP contribution in [-0.2, 0) is 4.79 Å². The van der Waals surface area contributed by atoms with Crippen molar-refractivity contribution in [3.63, 3.8) is 0 Å². The summed E-state index contributed by atoms with van der Waals surface area (Å²) in [6, 6.07) is 2.29. The number of nitriles is 2. The van der Waals surface area contributed by atoms with Crippen LogP contribution < -0.4 is 10.6 Å². The standard InChI is InChI=1S/C33H42N6O/c1-27(2)9-13-32(39-26(36-6)37-19-35)14-10-30(5)29(4)8-7-21-28(3,16-20(18-34)25(40)31(21)11-12-31)22(29)15-24-33(30,38-24)23(32)17-27/h15-16,21,23H,7-14,17H2,1-6H3,(H2,36,37,39)/t21-,23-,28+,29-,30+,32+,33-/m1/s1. The molecule has 2 spiro atoms. The van der Waals surface area contributed by atoms with Crippen LogP contribution >= 0.6 is 0 Å². The molecule has 0 aromatic heterocycles. The van der Waals surface area contributed by atoms with Crippen molar-refractivity contribution < 1.29 is 4.79 Å². The van der Waals surface area contributed by atoms with E-state index in [-0.39, 0.29) is 49.9 Å². The van der Waals surface area contributed by atoms with Crippen LogP contribution in [0.1, 0.15) is 92.4 Å². The van der Waals surface area contributed by atoms with Gasteiger partial charge in [0.05, 0.1) is 11.3 Å². The minimum absolute atomic E-state index is 0.0678. The summed E-state index contributed by atoms with van der Waals surface area (Å²) in [4.78, 5) is 23.3. The fraction of sp³-hybridized carbons (Fsp3) is 0.727. The average molecular weight is 539 g/mol. The molecule has 210 valence electrons. The van der Waals surface area contributed by atoms with E-state index in [0.29, 0.717) is 17.5 Å². The van der Waals surface area contributed by atoms with Crippen molar-refractivity contribution in [3.8, 4) is 12.3 Å². The first-order chi connectivity index (χ1) is 18.8. The van der Waals surface area contributed by atoms with E-state index in [1.54, 1.807) is 7.05 Å². The molecule has 1 aliphatic heterocycles. The summed E-state index contributed by atoms with van der Waals surface area (Å²) in [5.74, 6) is 1.20. The summed E-state index contributed by atoms with van der Waals surface area (Å²) < 4.78 is 0. The van der Waals surface area contributed by atoms with Gasteiger partial charge in [-0.1, -0.05) is 46.3 Å². The minimum Gasteiger partial charge on any atom is -0.350 e. The van der Waals surface area contributed by atoms with E-state index < -0.39 is 0 Å². The summed E-state index contributed by atoms with van der Waals surface area (Å²) in [6.07, 6.45) is 15.7. The lowest BCUT2D eigenvalue weighted by atomic mass is 9.35. The molecule has 1 heterocycles. The molecule has 0 amide bonds. The number of hydrogen-bond donors (Lipinski definition) is 2. The van der Waals surface area contributed by atoms with Crippen molar-refractivity contribution in [2.75, 3.05) is 7.05 Å². The highest BCUT2D eigenvalue weighted by molar-refractivity contribution is 6.16. The molecule has 7 aliphatic rings. The molecule has 7 atom stereocenters. The van der Waals surface area contributed by atoms with Gasteiger partial charge in [-0.15, -0.1) is 0 Å². The molecule has 0 aromatic rings. The summed E-state index contributed by atoms with van der Waals surface area (Å²) in [7, 11) is 1.73. The Balaban J connectivity index is 1.37. The van der Waals surface area contributed by atoms with E-state index in [4.69, 9.17) is 4.99 Å². The van der Waals surface area contributed by atoms with E-state index in [0.717, 1.165) is 57.8 Å². The maximum atomic E-state index is 13.4. The molecule has 0 radical (unpaired) electrons. The third-order valence-corrected chi connectivity index (χ3v) is 13.5. The van der Waals surface area contributed by atoms with E-state index in [2.05, 4.69) is 74.7 Å². The lowest BCUT2D eigenvalue weighted by molar-refractivity contribution is -0.130. The highest BCUT2D eigenvalue weighted by Gasteiger charge is 2.80. The Morgan fingerprint density at radius 1 is 1.02 bits per heavy atom. The Bertz CT molecular complexity index is 1450. The minimum atomic E-state index is -0.333. The van der Waals surface area contributed by atoms with Crippen LogP contribution in [0.4, 0.5) is 0 Å². The molecule has 0 aromatic carbocycles. The number of fused-ring (bicyclic) bond motifs is 6. The second-order valence-electron chi connectivity index (χ2n) is 15.5. The molecule has 7 heteroatoms. The topological polar surface area (TPSA) is 113 Å². The van der Waals surface area contributed by atoms with Gasteiger partial charge in [-0.05, 0) is 80.6 Å². The highest BCUT2D eigenvalue weighted by Crippen LogP contribution is 2.79. The van der Waals surface area contributed by atoms with Gasteiger partial charge in [0.1, 0.15) is 11.6 Å². The number of rotatable bonds is 1. The van der Waals surface area contributed by atoms with Crippen molar-refractivity contribution in [2.45, 2.75) is 103 Å². The van der Waals surface area contributed by atoms with Crippen LogP contribution in [0.2, 0.25) is 0 Å². The normalized spacial score (nSPS) is 46.9. The van der Waals surface area contributed by atoms with Gasteiger partial charge in [0.2, 0.25) is 5.96 Å². The summed E-state index contributed by atoms with van der Waals surface area (Å²) in [5.41, 5.74) is 2.00. The number of nitrogens with one attached hydrogen (secondary N) is 2. The quantitative estimate of drug-likeness (QED) is 0.202. The smallest absolute Gasteiger partial charge is 0.204 e. The van der Waals surface area contributed by atoms with Crippen LogP contribution in [0.15, 0.2) is 33.3 Å². The number of Topliss-reactive ketones (excluding diaryl/α,β-unsaturated/α-hetero) is 1. The molecular formula is C33H42N6O. The number of carbonyl (C=O) groups is 1. The van der Waals surface area contributed by atoms with Gasteiger partial charge in [-0.3, -0.25) is 20.1 Å². The summed E-state index contributed by atoms with van der Waals surface area (Å²) >= 11 is 0. The molecule has 4 fully saturated rings. The molecule has 40 heavy (non-hydrogen) atoms. The number of nitrogens with zero attached hydrogens (tertiary/aromatic N) is 4. The Morgan fingerprint density at radius 3 is 2.40 bits per heavy atom. The van der Waals surface area contributed by atoms with Crippen LogP contribution in [0.5, 0.6) is 0 Å². The first-order valence-electron chi connectivity index (χ1n) is 15.2. The van der Waals surface area contributed by atoms with Gasteiger partial charge >= 0.3 is 0 Å². The Labute approximate surface area is 238 Å². The van der Waals surface area contributed by atoms with E-state index in [1.807, 2.05) is 0 Å². The Kier molecular flexibility index (Phi) is 4.85. The zero-order valence-corrected chi connectivity index (χ0v) is 24.9.